The van der Waals surface area contributed by atoms with Gasteiger partial charge in [-0.25, -0.2) is 4.72 Å². The molecular weight excluding hydrogens is 264 g/mol. The van der Waals surface area contributed by atoms with Crippen LogP contribution < -0.4 is 4.72 Å². The molecule has 0 aromatic carbocycles. The van der Waals surface area contributed by atoms with Crippen molar-refractivity contribution in [2.45, 2.75) is 53.1 Å². The monoisotopic (exact) mass is 292 g/mol. The largest absolute Gasteiger partial charge is 0.393 e. The number of nitrogens with one attached hydrogen (secondary N) is 1. The molecule has 0 radical (unpaired) electrons. The van der Waals surface area contributed by atoms with Crippen LogP contribution in [-0.4, -0.2) is 43.6 Å². The van der Waals surface area contributed by atoms with Gasteiger partial charge >= 0.3 is 0 Å². The lowest BCUT2D eigenvalue weighted by atomic mass is 9.76. The zero-order chi connectivity index (χ0) is 14.7. The molecule has 19 heavy (non-hydrogen) atoms. The van der Waals surface area contributed by atoms with Crippen molar-refractivity contribution in [3.05, 3.63) is 0 Å². The molecule has 1 fully saturated rings. The van der Waals surface area contributed by atoms with Crippen LogP contribution in [0.5, 0.6) is 0 Å². The highest BCUT2D eigenvalue weighted by Crippen LogP contribution is 2.34. The van der Waals surface area contributed by atoms with E-state index in [0.29, 0.717) is 32.0 Å². The van der Waals surface area contributed by atoms with E-state index in [-0.39, 0.29) is 5.41 Å². The summed E-state index contributed by atoms with van der Waals surface area (Å²) < 4.78 is 28.2. The van der Waals surface area contributed by atoms with Crippen LogP contribution in [0.3, 0.4) is 0 Å². The molecule has 0 saturated carbocycles. The summed E-state index contributed by atoms with van der Waals surface area (Å²) in [7, 11) is -3.38. The predicted octanol–water partition coefficient (Wildman–Crippen LogP) is 1.35. The molecule has 1 unspecified atom stereocenters. The van der Waals surface area contributed by atoms with Gasteiger partial charge in [-0.1, -0.05) is 20.8 Å². The Morgan fingerprint density at radius 1 is 1.32 bits per heavy atom. The number of hydrogen-bond donors (Lipinski definition) is 2. The smallest absolute Gasteiger partial charge is 0.279 e. The van der Waals surface area contributed by atoms with E-state index in [2.05, 4.69) is 25.5 Å². The van der Waals surface area contributed by atoms with E-state index in [9.17, 15) is 8.42 Å². The van der Waals surface area contributed by atoms with Gasteiger partial charge in [0, 0.05) is 19.6 Å². The first-order valence-corrected chi connectivity index (χ1v) is 8.50. The fourth-order valence-electron chi connectivity index (χ4n) is 2.45. The molecular formula is C13H28N2O3S. The SMILES string of the molecule is CC(O)CCNS(=O)(=O)N1CCC(C(C)(C)C)CC1. The highest BCUT2D eigenvalue weighted by Gasteiger charge is 2.32. The van der Waals surface area contributed by atoms with E-state index in [4.69, 9.17) is 5.11 Å². The Kier molecular flexibility index (Phi) is 5.79. The third kappa shape index (κ3) is 5.38. The summed E-state index contributed by atoms with van der Waals surface area (Å²) in [6.45, 7) is 9.76. The fraction of sp³-hybridized carbons (Fsp3) is 1.00. The molecule has 1 aliphatic heterocycles. The van der Waals surface area contributed by atoms with Gasteiger partial charge in [-0.2, -0.15) is 12.7 Å². The van der Waals surface area contributed by atoms with Gasteiger partial charge in [-0.15, -0.1) is 0 Å². The van der Waals surface area contributed by atoms with Crippen LogP contribution in [0, 0.1) is 11.3 Å². The Balaban J connectivity index is 2.45. The predicted molar refractivity (Wildman–Crippen MR) is 77.0 cm³/mol. The molecule has 6 heteroatoms. The minimum Gasteiger partial charge on any atom is -0.393 e. The van der Waals surface area contributed by atoms with Crippen molar-refractivity contribution in [1.82, 2.24) is 9.03 Å². The van der Waals surface area contributed by atoms with Crippen molar-refractivity contribution in [1.29, 1.82) is 0 Å². The second kappa shape index (κ2) is 6.52. The molecule has 0 amide bonds. The summed E-state index contributed by atoms with van der Waals surface area (Å²) in [5.74, 6) is 0.580. The van der Waals surface area contributed by atoms with Gasteiger partial charge < -0.3 is 5.11 Å². The first-order valence-electron chi connectivity index (χ1n) is 7.06. The molecule has 0 aromatic heterocycles. The fourth-order valence-corrected chi connectivity index (χ4v) is 3.70. The molecule has 1 aliphatic rings. The summed E-state index contributed by atoms with van der Waals surface area (Å²) in [6, 6.07) is 0. The summed E-state index contributed by atoms with van der Waals surface area (Å²) >= 11 is 0. The Bertz CT molecular complexity index is 366. The van der Waals surface area contributed by atoms with E-state index in [1.165, 1.54) is 4.31 Å². The molecule has 1 rings (SSSR count). The maximum absolute atomic E-state index is 12.1. The molecule has 5 nitrogen and oxygen atoms in total. The van der Waals surface area contributed by atoms with Gasteiger partial charge in [0.1, 0.15) is 0 Å². The molecule has 1 atom stereocenters. The summed E-state index contributed by atoms with van der Waals surface area (Å²) in [6.07, 6.45) is 1.80. The summed E-state index contributed by atoms with van der Waals surface area (Å²) in [4.78, 5) is 0. The molecule has 2 N–H and O–H groups in total. The van der Waals surface area contributed by atoms with Crippen LogP contribution in [0.2, 0.25) is 0 Å². The molecule has 0 spiro atoms. The lowest BCUT2D eigenvalue weighted by Crippen LogP contribution is -2.46. The maximum atomic E-state index is 12.1. The highest BCUT2D eigenvalue weighted by atomic mass is 32.2. The first kappa shape index (κ1) is 16.9. The van der Waals surface area contributed by atoms with Crippen molar-refractivity contribution in [2.75, 3.05) is 19.6 Å². The van der Waals surface area contributed by atoms with Gasteiger partial charge in [0.2, 0.25) is 0 Å². The second-order valence-corrected chi connectivity index (χ2v) is 8.33. The van der Waals surface area contributed by atoms with Crippen LogP contribution in [0.1, 0.15) is 47.0 Å². The van der Waals surface area contributed by atoms with Crippen LogP contribution in [0.4, 0.5) is 0 Å². The molecule has 114 valence electrons. The normalized spacial score (nSPS) is 21.5. The quantitative estimate of drug-likeness (QED) is 0.803. The minimum absolute atomic E-state index is 0.246. The van der Waals surface area contributed by atoms with Gasteiger partial charge in [0.05, 0.1) is 6.10 Å². The lowest BCUT2D eigenvalue weighted by molar-refractivity contribution is 0.153. The Labute approximate surface area is 117 Å². The zero-order valence-corrected chi connectivity index (χ0v) is 13.3. The van der Waals surface area contributed by atoms with Crippen LogP contribution in [-0.2, 0) is 10.2 Å². The standard InChI is InChI=1S/C13H28N2O3S/c1-11(16)5-8-14-19(17,18)15-9-6-12(7-10-15)13(2,3)4/h11-12,14,16H,5-10H2,1-4H3. The Hall–Kier alpha value is -0.170. The molecule has 0 aromatic rings. The van der Waals surface area contributed by atoms with Crippen molar-refractivity contribution in [3.8, 4) is 0 Å². The Morgan fingerprint density at radius 3 is 2.26 bits per heavy atom. The Morgan fingerprint density at radius 2 is 1.84 bits per heavy atom. The average Bonchev–Trinajstić information content (AvgIpc) is 2.27. The molecule has 1 saturated heterocycles. The number of hydrogen-bond acceptors (Lipinski definition) is 3. The second-order valence-electron chi connectivity index (χ2n) is 6.58. The topological polar surface area (TPSA) is 69.6 Å². The molecule has 0 aliphatic carbocycles. The van der Waals surface area contributed by atoms with Crippen molar-refractivity contribution >= 4 is 10.2 Å². The minimum atomic E-state index is -3.38. The lowest BCUT2D eigenvalue weighted by Gasteiger charge is -2.38. The third-order valence-electron chi connectivity index (χ3n) is 3.87. The van der Waals surface area contributed by atoms with E-state index >= 15 is 0 Å². The van der Waals surface area contributed by atoms with Gasteiger partial charge in [0.15, 0.2) is 0 Å². The van der Waals surface area contributed by atoms with Gasteiger partial charge in [0.25, 0.3) is 10.2 Å². The van der Waals surface area contributed by atoms with E-state index in [1.54, 1.807) is 6.92 Å². The van der Waals surface area contributed by atoms with Crippen molar-refractivity contribution < 1.29 is 13.5 Å². The highest BCUT2D eigenvalue weighted by molar-refractivity contribution is 7.87. The van der Waals surface area contributed by atoms with E-state index < -0.39 is 16.3 Å². The van der Waals surface area contributed by atoms with Crippen molar-refractivity contribution in [3.63, 3.8) is 0 Å². The zero-order valence-electron chi connectivity index (χ0n) is 12.5. The number of aliphatic hydroxyl groups excluding tert-OH is 1. The number of piperidine rings is 1. The number of aliphatic hydroxyl groups is 1. The third-order valence-corrected chi connectivity index (χ3v) is 5.48. The molecule has 1 heterocycles. The van der Waals surface area contributed by atoms with E-state index in [0.717, 1.165) is 12.8 Å². The number of rotatable bonds is 5. The summed E-state index contributed by atoms with van der Waals surface area (Å²) in [5.41, 5.74) is 0.246. The van der Waals surface area contributed by atoms with Gasteiger partial charge in [-0.3, -0.25) is 0 Å². The van der Waals surface area contributed by atoms with Crippen LogP contribution >= 0.6 is 0 Å². The molecule has 0 bridgehead atoms. The van der Waals surface area contributed by atoms with E-state index in [1.807, 2.05) is 0 Å². The van der Waals surface area contributed by atoms with Crippen LogP contribution in [0.15, 0.2) is 0 Å². The average molecular weight is 292 g/mol. The maximum Gasteiger partial charge on any atom is 0.279 e. The summed E-state index contributed by atoms with van der Waals surface area (Å²) in [5, 5.41) is 9.14. The number of nitrogens with zero attached hydrogens (tertiary/aromatic N) is 1. The first-order chi connectivity index (χ1) is 8.63. The van der Waals surface area contributed by atoms with Crippen LogP contribution in [0.25, 0.3) is 0 Å². The van der Waals surface area contributed by atoms with Gasteiger partial charge in [-0.05, 0) is 37.5 Å². The van der Waals surface area contributed by atoms with Crippen molar-refractivity contribution in [2.24, 2.45) is 11.3 Å².